The first kappa shape index (κ1) is 11.5. The second kappa shape index (κ2) is 4.93. The van der Waals surface area contributed by atoms with Gasteiger partial charge >= 0.3 is 0 Å². The highest BCUT2D eigenvalue weighted by molar-refractivity contribution is 5.98. The fourth-order valence-electron chi connectivity index (χ4n) is 1.78. The second-order valence-electron chi connectivity index (χ2n) is 4.00. The predicted molar refractivity (Wildman–Crippen MR) is 69.6 cm³/mol. The van der Waals surface area contributed by atoms with Crippen molar-refractivity contribution in [3.05, 3.63) is 41.3 Å². The van der Waals surface area contributed by atoms with Gasteiger partial charge in [-0.2, -0.15) is 0 Å². The monoisotopic (exact) mass is 230 g/mol. The Morgan fingerprint density at radius 1 is 1.29 bits per heavy atom. The number of benzene rings is 2. The van der Waals surface area contributed by atoms with Gasteiger partial charge in [0, 0.05) is 11.4 Å². The van der Waals surface area contributed by atoms with Crippen LogP contribution in [-0.4, -0.2) is 17.8 Å². The molecule has 0 aliphatic heterocycles. The van der Waals surface area contributed by atoms with E-state index < -0.39 is 0 Å². The van der Waals surface area contributed by atoms with Gasteiger partial charge in [0.1, 0.15) is 5.69 Å². The summed E-state index contributed by atoms with van der Waals surface area (Å²) in [6, 6.07) is 11.2. The van der Waals surface area contributed by atoms with E-state index in [1.165, 1.54) is 0 Å². The summed E-state index contributed by atoms with van der Waals surface area (Å²) in [4.78, 5) is 11.0. The molecule has 0 fully saturated rings. The van der Waals surface area contributed by atoms with Gasteiger partial charge in [-0.1, -0.05) is 30.3 Å². The van der Waals surface area contributed by atoms with Crippen LogP contribution < -0.4 is 5.32 Å². The van der Waals surface area contributed by atoms with Crippen molar-refractivity contribution in [3.8, 4) is 0 Å². The Morgan fingerprint density at radius 2 is 2.06 bits per heavy atom. The Morgan fingerprint density at radius 3 is 2.76 bits per heavy atom. The van der Waals surface area contributed by atoms with E-state index in [1.54, 1.807) is 0 Å². The number of aliphatic hydroxyl groups excluding tert-OH is 1. The lowest BCUT2D eigenvalue weighted by molar-refractivity contribution is 0.281. The molecule has 0 bridgehead atoms. The molecule has 2 N–H and O–H groups in total. The smallest absolute Gasteiger partial charge is 0.138 e. The molecule has 0 aliphatic rings. The number of aliphatic hydroxyl groups is 1. The highest BCUT2D eigenvalue weighted by Gasteiger charge is 2.09. The van der Waals surface area contributed by atoms with Crippen molar-refractivity contribution in [1.82, 2.24) is 0 Å². The van der Waals surface area contributed by atoms with Crippen LogP contribution in [0.15, 0.2) is 41.6 Å². The molecule has 0 heterocycles. The molecule has 0 amide bonds. The van der Waals surface area contributed by atoms with Gasteiger partial charge in [0.2, 0.25) is 0 Å². The van der Waals surface area contributed by atoms with Crippen LogP contribution in [0.1, 0.15) is 6.92 Å². The van der Waals surface area contributed by atoms with E-state index in [0.717, 1.165) is 10.8 Å². The number of anilines is 1. The van der Waals surface area contributed by atoms with Crippen LogP contribution in [0.4, 0.5) is 11.4 Å². The summed E-state index contributed by atoms with van der Waals surface area (Å²) in [5.41, 5.74) is 1.05. The zero-order chi connectivity index (χ0) is 12.3. The molecular weight excluding hydrogens is 216 g/mol. The molecule has 1 atom stereocenters. The van der Waals surface area contributed by atoms with E-state index in [9.17, 15) is 4.91 Å². The van der Waals surface area contributed by atoms with E-state index in [4.69, 9.17) is 5.11 Å². The van der Waals surface area contributed by atoms with Crippen molar-refractivity contribution in [1.29, 1.82) is 0 Å². The Labute approximate surface area is 99.2 Å². The third-order valence-electron chi connectivity index (χ3n) is 2.67. The van der Waals surface area contributed by atoms with E-state index in [-0.39, 0.29) is 12.6 Å². The van der Waals surface area contributed by atoms with Gasteiger partial charge in [-0.3, -0.25) is 0 Å². The first-order valence-electron chi connectivity index (χ1n) is 5.48. The molecule has 0 saturated carbocycles. The number of fused-ring (bicyclic) bond motifs is 1. The van der Waals surface area contributed by atoms with Crippen LogP contribution in [-0.2, 0) is 0 Å². The molecule has 0 radical (unpaired) electrons. The molecule has 2 aromatic carbocycles. The number of hydrogen-bond acceptors (Lipinski definition) is 4. The van der Waals surface area contributed by atoms with Crippen LogP contribution in [0.3, 0.4) is 0 Å². The molecule has 0 saturated heterocycles. The maximum Gasteiger partial charge on any atom is 0.138 e. The summed E-state index contributed by atoms with van der Waals surface area (Å²) >= 11 is 0. The van der Waals surface area contributed by atoms with Gasteiger partial charge in [0.25, 0.3) is 0 Å². The summed E-state index contributed by atoms with van der Waals surface area (Å²) in [5.74, 6) is 0. The summed E-state index contributed by atoms with van der Waals surface area (Å²) < 4.78 is 0. The molecule has 0 aliphatic carbocycles. The van der Waals surface area contributed by atoms with Crippen LogP contribution in [0, 0.1) is 4.91 Å². The topological polar surface area (TPSA) is 61.7 Å². The third-order valence-corrected chi connectivity index (χ3v) is 2.67. The second-order valence-corrected chi connectivity index (χ2v) is 4.00. The Kier molecular flexibility index (Phi) is 3.35. The van der Waals surface area contributed by atoms with Gasteiger partial charge in [-0.25, -0.2) is 0 Å². The predicted octanol–water partition coefficient (Wildman–Crippen LogP) is 3.03. The molecule has 0 spiro atoms. The summed E-state index contributed by atoms with van der Waals surface area (Å²) in [6.45, 7) is 1.84. The molecule has 88 valence electrons. The first-order chi connectivity index (χ1) is 8.26. The number of rotatable bonds is 4. The third kappa shape index (κ3) is 2.26. The average molecular weight is 230 g/mol. The molecule has 17 heavy (non-hydrogen) atoms. The molecular formula is C13H14N2O2. The van der Waals surface area contributed by atoms with Crippen LogP contribution in [0.25, 0.3) is 10.8 Å². The summed E-state index contributed by atoms with van der Waals surface area (Å²) in [7, 11) is 0. The van der Waals surface area contributed by atoms with Gasteiger partial charge in [0.05, 0.1) is 12.3 Å². The van der Waals surface area contributed by atoms with Gasteiger partial charge < -0.3 is 10.4 Å². The lowest BCUT2D eigenvalue weighted by Crippen LogP contribution is -2.19. The molecule has 0 aromatic heterocycles. The fourth-order valence-corrected chi connectivity index (χ4v) is 1.78. The highest BCUT2D eigenvalue weighted by atomic mass is 16.3. The van der Waals surface area contributed by atoms with Crippen molar-refractivity contribution < 1.29 is 5.11 Å². The number of nitrogens with zero attached hydrogens (tertiary/aromatic N) is 1. The Bertz CT molecular complexity index is 540. The maximum absolute atomic E-state index is 11.0. The van der Waals surface area contributed by atoms with Crippen molar-refractivity contribution in [2.45, 2.75) is 13.0 Å². The zero-order valence-corrected chi connectivity index (χ0v) is 9.55. The lowest BCUT2D eigenvalue weighted by atomic mass is 10.1. The minimum absolute atomic E-state index is 0.00508. The fraction of sp³-hybridized carbons (Fsp3) is 0.231. The quantitative estimate of drug-likeness (QED) is 0.793. The van der Waals surface area contributed by atoms with Crippen molar-refractivity contribution in [3.63, 3.8) is 0 Å². The standard InChI is InChI=1S/C13H14N2O2/c1-9(8-16)14-12-7-6-10-4-2-3-5-11(10)13(12)15-17/h2-7,9,14,16H,8H2,1H3/t9-/m1/s1. The molecule has 2 aromatic rings. The Hall–Kier alpha value is -1.94. The first-order valence-corrected chi connectivity index (χ1v) is 5.48. The molecule has 2 rings (SSSR count). The minimum Gasteiger partial charge on any atom is -0.394 e. The summed E-state index contributed by atoms with van der Waals surface area (Å²) in [6.07, 6.45) is 0. The number of nitroso groups, excluding NO2 is 1. The molecule has 4 nitrogen and oxygen atoms in total. The zero-order valence-electron chi connectivity index (χ0n) is 9.55. The van der Waals surface area contributed by atoms with E-state index in [0.29, 0.717) is 11.4 Å². The maximum atomic E-state index is 11.0. The average Bonchev–Trinajstić information content (AvgIpc) is 2.38. The van der Waals surface area contributed by atoms with Gasteiger partial charge in [-0.05, 0) is 23.6 Å². The van der Waals surface area contributed by atoms with Crippen molar-refractivity contribution in [2.75, 3.05) is 11.9 Å². The number of hydrogen-bond donors (Lipinski definition) is 2. The lowest BCUT2D eigenvalue weighted by Gasteiger charge is -2.14. The normalized spacial score (nSPS) is 12.4. The van der Waals surface area contributed by atoms with E-state index in [2.05, 4.69) is 10.5 Å². The number of nitrogens with one attached hydrogen (secondary N) is 1. The molecule has 0 unspecified atom stereocenters. The van der Waals surface area contributed by atoms with E-state index >= 15 is 0 Å². The molecule has 4 heteroatoms. The van der Waals surface area contributed by atoms with Crippen LogP contribution >= 0.6 is 0 Å². The SMILES string of the molecule is C[C@H](CO)Nc1ccc2ccccc2c1N=O. The minimum atomic E-state index is -0.114. The highest BCUT2D eigenvalue weighted by Crippen LogP contribution is 2.34. The van der Waals surface area contributed by atoms with E-state index in [1.807, 2.05) is 43.3 Å². The van der Waals surface area contributed by atoms with Crippen LogP contribution in [0.2, 0.25) is 0 Å². The van der Waals surface area contributed by atoms with Gasteiger partial charge in [-0.15, -0.1) is 4.91 Å². The Balaban J connectivity index is 2.53. The van der Waals surface area contributed by atoms with Gasteiger partial charge in [0.15, 0.2) is 0 Å². The van der Waals surface area contributed by atoms with Crippen LogP contribution in [0.5, 0.6) is 0 Å². The van der Waals surface area contributed by atoms with Crippen molar-refractivity contribution in [2.24, 2.45) is 5.18 Å². The van der Waals surface area contributed by atoms with Crippen molar-refractivity contribution >= 4 is 22.1 Å². The largest absolute Gasteiger partial charge is 0.394 e. The summed E-state index contributed by atoms with van der Waals surface area (Å²) in [5, 5.41) is 16.9.